The van der Waals surface area contributed by atoms with E-state index in [9.17, 15) is 4.79 Å². The van der Waals surface area contributed by atoms with Gasteiger partial charge in [0, 0.05) is 28.7 Å². The van der Waals surface area contributed by atoms with Gasteiger partial charge in [0.1, 0.15) is 0 Å². The molecule has 6 heteroatoms. The maximum atomic E-state index is 11.8. The Hall–Kier alpha value is -1.27. The molecule has 0 aromatic carbocycles. The van der Waals surface area contributed by atoms with Gasteiger partial charge in [0.25, 0.3) is 5.91 Å². The highest BCUT2D eigenvalue weighted by atomic mass is 32.1. The quantitative estimate of drug-likeness (QED) is 0.833. The summed E-state index contributed by atoms with van der Waals surface area (Å²) in [6, 6.07) is 3.66. The molecule has 0 fully saturated rings. The first-order chi connectivity index (χ1) is 8.15. The molecule has 2 aromatic rings. The Morgan fingerprint density at radius 1 is 1.71 bits per heavy atom. The number of aromatic nitrogens is 2. The fourth-order valence-electron chi connectivity index (χ4n) is 1.47. The number of carbonyl (C=O) groups excluding carboxylic acids is 1. The van der Waals surface area contributed by atoms with E-state index in [0.717, 1.165) is 4.90 Å². The number of thiophene rings is 1. The number of hydrogen-bond donors (Lipinski definition) is 2. The van der Waals surface area contributed by atoms with E-state index in [4.69, 9.17) is 0 Å². The molecule has 0 spiro atoms. The van der Waals surface area contributed by atoms with Gasteiger partial charge in [-0.2, -0.15) is 5.10 Å². The Balaban J connectivity index is 1.90. The zero-order chi connectivity index (χ0) is 12.3. The van der Waals surface area contributed by atoms with Gasteiger partial charge in [-0.3, -0.25) is 9.48 Å². The first-order valence-corrected chi connectivity index (χ1v) is 6.53. The molecule has 1 unspecified atom stereocenters. The molecule has 17 heavy (non-hydrogen) atoms. The van der Waals surface area contributed by atoms with Gasteiger partial charge in [0.15, 0.2) is 0 Å². The summed E-state index contributed by atoms with van der Waals surface area (Å²) in [5.74, 6) is -0.0602. The number of hydrogen-bond acceptors (Lipinski definition) is 4. The molecular formula is C11H13N3OS2. The van der Waals surface area contributed by atoms with Crippen LogP contribution >= 0.6 is 24.0 Å². The lowest BCUT2D eigenvalue weighted by atomic mass is 10.3. The van der Waals surface area contributed by atoms with Crippen LogP contribution in [0.15, 0.2) is 34.8 Å². The van der Waals surface area contributed by atoms with Crippen LogP contribution in [0.5, 0.6) is 0 Å². The highest BCUT2D eigenvalue weighted by molar-refractivity contribution is 7.80. The number of rotatable bonds is 4. The lowest BCUT2D eigenvalue weighted by Crippen LogP contribution is -2.35. The van der Waals surface area contributed by atoms with Gasteiger partial charge >= 0.3 is 0 Å². The van der Waals surface area contributed by atoms with Crippen molar-refractivity contribution in [2.45, 2.75) is 24.4 Å². The minimum absolute atomic E-state index is 0.0351. The van der Waals surface area contributed by atoms with Crippen molar-refractivity contribution >= 4 is 29.9 Å². The van der Waals surface area contributed by atoms with Crippen LogP contribution in [0, 0.1) is 0 Å². The average molecular weight is 267 g/mol. The molecule has 2 aromatic heterocycles. The van der Waals surface area contributed by atoms with Crippen LogP contribution in [-0.4, -0.2) is 21.7 Å². The number of nitrogens with zero attached hydrogens (tertiary/aromatic N) is 2. The summed E-state index contributed by atoms with van der Waals surface area (Å²) in [5, 5.41) is 8.86. The third kappa shape index (κ3) is 3.34. The molecule has 4 nitrogen and oxygen atoms in total. The highest BCUT2D eigenvalue weighted by Gasteiger charge is 2.11. The van der Waals surface area contributed by atoms with Gasteiger partial charge in [-0.05, 0) is 19.1 Å². The van der Waals surface area contributed by atoms with E-state index in [2.05, 4.69) is 23.0 Å². The lowest BCUT2D eigenvalue weighted by Gasteiger charge is -2.13. The van der Waals surface area contributed by atoms with E-state index in [0.29, 0.717) is 11.4 Å². The van der Waals surface area contributed by atoms with E-state index in [-0.39, 0.29) is 11.9 Å². The molecule has 0 radical (unpaired) electrons. The van der Waals surface area contributed by atoms with Crippen LogP contribution in [0.25, 0.3) is 0 Å². The third-order valence-electron chi connectivity index (χ3n) is 2.21. The van der Waals surface area contributed by atoms with Crippen molar-refractivity contribution in [1.82, 2.24) is 15.1 Å². The summed E-state index contributed by atoms with van der Waals surface area (Å²) in [5.41, 5.74) is 0. The van der Waals surface area contributed by atoms with E-state index in [1.165, 1.54) is 11.3 Å². The third-order valence-corrected chi connectivity index (χ3v) is 3.57. The van der Waals surface area contributed by atoms with E-state index >= 15 is 0 Å². The maximum Gasteiger partial charge on any atom is 0.261 e. The van der Waals surface area contributed by atoms with Gasteiger partial charge in [-0.25, -0.2) is 0 Å². The Morgan fingerprint density at radius 3 is 3.12 bits per heavy atom. The Labute approximate surface area is 109 Å². The van der Waals surface area contributed by atoms with Crippen molar-refractivity contribution in [3.63, 3.8) is 0 Å². The smallest absolute Gasteiger partial charge is 0.261 e. The molecule has 1 amide bonds. The van der Waals surface area contributed by atoms with Crippen molar-refractivity contribution in [3.8, 4) is 0 Å². The predicted molar refractivity (Wildman–Crippen MR) is 70.7 cm³/mol. The molecule has 0 aliphatic carbocycles. The lowest BCUT2D eigenvalue weighted by molar-refractivity contribution is 0.0940. The Morgan fingerprint density at radius 2 is 2.53 bits per heavy atom. The van der Waals surface area contributed by atoms with Crippen molar-refractivity contribution in [1.29, 1.82) is 0 Å². The second-order valence-corrected chi connectivity index (χ2v) is 5.20. The molecule has 0 aliphatic rings. The minimum atomic E-state index is -0.0602. The van der Waals surface area contributed by atoms with Crippen molar-refractivity contribution in [3.05, 3.63) is 34.8 Å². The van der Waals surface area contributed by atoms with Crippen LogP contribution in [0.4, 0.5) is 0 Å². The zero-order valence-corrected chi connectivity index (χ0v) is 11.0. The molecule has 2 heterocycles. The van der Waals surface area contributed by atoms with Crippen molar-refractivity contribution in [2.24, 2.45) is 0 Å². The largest absolute Gasteiger partial charge is 0.347 e. The van der Waals surface area contributed by atoms with Gasteiger partial charge in [0.2, 0.25) is 0 Å². The molecule has 0 aliphatic heterocycles. The minimum Gasteiger partial charge on any atom is -0.347 e. The maximum absolute atomic E-state index is 11.8. The van der Waals surface area contributed by atoms with Gasteiger partial charge in [0.05, 0.1) is 11.4 Å². The summed E-state index contributed by atoms with van der Waals surface area (Å²) in [7, 11) is 0. The van der Waals surface area contributed by atoms with Gasteiger partial charge < -0.3 is 5.32 Å². The molecule has 90 valence electrons. The monoisotopic (exact) mass is 267 g/mol. The average Bonchev–Trinajstić information content (AvgIpc) is 2.89. The summed E-state index contributed by atoms with van der Waals surface area (Å²) >= 11 is 5.58. The van der Waals surface area contributed by atoms with Gasteiger partial charge in [-0.1, -0.05) is 0 Å². The standard InChI is InChI=1S/C11H13N3OS2/c1-8(6-14-4-2-3-12-14)13-11(15)10-5-9(16)7-17-10/h2-5,7-8,16H,6H2,1H3,(H,13,15). The number of thiol groups is 1. The molecule has 1 atom stereocenters. The van der Waals surface area contributed by atoms with Crippen molar-refractivity contribution < 1.29 is 4.79 Å². The fraction of sp³-hybridized carbons (Fsp3) is 0.273. The van der Waals surface area contributed by atoms with E-state index < -0.39 is 0 Å². The summed E-state index contributed by atoms with van der Waals surface area (Å²) in [6.45, 7) is 2.62. The Bertz CT molecular complexity index is 493. The molecule has 2 rings (SSSR count). The van der Waals surface area contributed by atoms with Crippen LogP contribution in [0.1, 0.15) is 16.6 Å². The number of nitrogens with one attached hydrogen (secondary N) is 1. The second-order valence-electron chi connectivity index (χ2n) is 3.77. The zero-order valence-electron chi connectivity index (χ0n) is 9.33. The molecule has 0 saturated carbocycles. The van der Waals surface area contributed by atoms with Gasteiger partial charge in [-0.15, -0.1) is 24.0 Å². The number of carbonyl (C=O) groups is 1. The fourth-order valence-corrected chi connectivity index (χ4v) is 2.53. The summed E-state index contributed by atoms with van der Waals surface area (Å²) in [4.78, 5) is 13.3. The van der Waals surface area contributed by atoms with Crippen LogP contribution in [-0.2, 0) is 6.54 Å². The first-order valence-electron chi connectivity index (χ1n) is 5.21. The second kappa shape index (κ2) is 5.37. The Kier molecular flexibility index (Phi) is 3.86. The van der Waals surface area contributed by atoms with E-state index in [1.54, 1.807) is 16.9 Å². The van der Waals surface area contributed by atoms with Crippen LogP contribution in [0.3, 0.4) is 0 Å². The molecule has 0 bridgehead atoms. The first kappa shape index (κ1) is 12.2. The predicted octanol–water partition coefficient (Wildman–Crippen LogP) is 2.05. The SMILES string of the molecule is CC(Cn1cccn1)NC(=O)c1cc(S)cs1. The van der Waals surface area contributed by atoms with E-state index in [1.807, 2.05) is 24.6 Å². The molecular weight excluding hydrogens is 254 g/mol. The normalized spacial score (nSPS) is 12.4. The molecule has 1 N–H and O–H groups in total. The summed E-state index contributed by atoms with van der Waals surface area (Å²) < 4.78 is 1.80. The van der Waals surface area contributed by atoms with Crippen LogP contribution in [0.2, 0.25) is 0 Å². The molecule has 0 saturated heterocycles. The highest BCUT2D eigenvalue weighted by Crippen LogP contribution is 2.17. The van der Waals surface area contributed by atoms with Crippen molar-refractivity contribution in [2.75, 3.05) is 0 Å². The number of amides is 1. The topological polar surface area (TPSA) is 46.9 Å². The van der Waals surface area contributed by atoms with Crippen LogP contribution < -0.4 is 5.32 Å². The summed E-state index contributed by atoms with van der Waals surface area (Å²) in [6.07, 6.45) is 3.60.